The summed E-state index contributed by atoms with van der Waals surface area (Å²) in [6, 6.07) is 10.9. The molecular weight excluding hydrogens is 342 g/mol. The van der Waals surface area contributed by atoms with Crippen LogP contribution >= 0.6 is 0 Å². The highest BCUT2D eigenvalue weighted by Crippen LogP contribution is 2.19. The predicted molar refractivity (Wildman–Crippen MR) is 124 cm³/mol. The van der Waals surface area contributed by atoms with Gasteiger partial charge in [0.05, 0.1) is 0 Å². The molecule has 0 unspecified atom stereocenters. The van der Waals surface area contributed by atoms with E-state index in [-0.39, 0.29) is 5.78 Å². The van der Waals surface area contributed by atoms with Crippen molar-refractivity contribution in [2.45, 2.75) is 92.4 Å². The lowest BCUT2D eigenvalue weighted by atomic mass is 9.91. The minimum Gasteiger partial charge on any atom is -0.398 e. The highest BCUT2D eigenvalue weighted by Gasteiger charge is 2.08. The maximum Gasteiger partial charge on any atom is 0.164 e. The Kier molecular flexibility index (Phi) is 16.2. The van der Waals surface area contributed by atoms with Gasteiger partial charge in [0.2, 0.25) is 0 Å². The Morgan fingerprint density at radius 2 is 1.54 bits per heavy atom. The summed E-state index contributed by atoms with van der Waals surface area (Å²) in [7, 11) is 0. The van der Waals surface area contributed by atoms with Crippen molar-refractivity contribution in [3.05, 3.63) is 59.3 Å². The van der Waals surface area contributed by atoms with Gasteiger partial charge in [0.15, 0.2) is 5.78 Å². The van der Waals surface area contributed by atoms with Crippen LogP contribution in [0.4, 0.5) is 0 Å². The van der Waals surface area contributed by atoms with Crippen LogP contribution in [-0.4, -0.2) is 5.78 Å². The number of carbonyl (C=O) groups excluding carboxylic acids is 1. The molecule has 1 aromatic carbocycles. The number of ketones is 1. The monoisotopic (exact) mass is 385 g/mol. The first kappa shape index (κ1) is 26.2. The molecule has 0 fully saturated rings. The van der Waals surface area contributed by atoms with Crippen LogP contribution in [0, 0.1) is 5.92 Å². The third-order valence-corrected chi connectivity index (χ3v) is 4.75. The summed E-state index contributed by atoms with van der Waals surface area (Å²) in [5.41, 5.74) is 8.68. The van der Waals surface area contributed by atoms with Crippen LogP contribution in [0.3, 0.4) is 0 Å². The van der Waals surface area contributed by atoms with Crippen molar-refractivity contribution < 1.29 is 4.79 Å². The highest BCUT2D eigenvalue weighted by atomic mass is 16.1. The molecule has 0 bridgehead atoms. The molecular formula is C26H43NO. The number of Topliss-reactive ketones (excluding diaryl/α,β-unsaturated/α-hetero) is 1. The molecule has 0 aliphatic heterocycles. The lowest BCUT2D eigenvalue weighted by Crippen LogP contribution is -2.10. The Balaban J connectivity index is 0.000000521. The van der Waals surface area contributed by atoms with Crippen molar-refractivity contribution in [2.75, 3.05) is 0 Å². The van der Waals surface area contributed by atoms with E-state index >= 15 is 0 Å². The molecule has 0 aromatic heterocycles. The van der Waals surface area contributed by atoms with Crippen LogP contribution < -0.4 is 5.73 Å². The standard InChI is InChI=1S/C14H22.C12H21NO/c1-3-8-13(9-4-2)12-14-10-6-5-7-11-14;1-4-7-9-11(13)10(8-5-2)12(14)6-3/h5-7,10-11,13H,3-4,8-9,12H2,1-2H3;8-9H,4-7,13H2,1-3H3/b;10-8+,11-9+. The zero-order valence-corrected chi connectivity index (χ0v) is 19.0. The second kappa shape index (κ2) is 17.3. The molecule has 0 saturated carbocycles. The molecule has 1 aromatic rings. The second-order valence-corrected chi connectivity index (χ2v) is 7.38. The number of hydrogen-bond acceptors (Lipinski definition) is 2. The van der Waals surface area contributed by atoms with Gasteiger partial charge in [0, 0.05) is 17.7 Å². The van der Waals surface area contributed by atoms with Crippen molar-refractivity contribution >= 4 is 5.78 Å². The number of rotatable bonds is 12. The summed E-state index contributed by atoms with van der Waals surface area (Å²) in [5, 5.41) is 0. The van der Waals surface area contributed by atoms with Gasteiger partial charge in [0.1, 0.15) is 0 Å². The fourth-order valence-electron chi connectivity index (χ4n) is 3.31. The lowest BCUT2D eigenvalue weighted by molar-refractivity contribution is -0.115. The normalized spacial score (nSPS) is 11.9. The average Bonchev–Trinajstić information content (AvgIpc) is 2.71. The van der Waals surface area contributed by atoms with Crippen LogP contribution in [0.25, 0.3) is 0 Å². The Morgan fingerprint density at radius 3 is 2.00 bits per heavy atom. The lowest BCUT2D eigenvalue weighted by Gasteiger charge is -2.14. The molecule has 0 atom stereocenters. The van der Waals surface area contributed by atoms with Crippen molar-refractivity contribution in [3.63, 3.8) is 0 Å². The fourth-order valence-corrected chi connectivity index (χ4v) is 3.31. The van der Waals surface area contributed by atoms with E-state index in [4.69, 9.17) is 5.73 Å². The Hall–Kier alpha value is -1.83. The maximum atomic E-state index is 11.5. The van der Waals surface area contributed by atoms with Crippen molar-refractivity contribution in [1.29, 1.82) is 0 Å². The van der Waals surface area contributed by atoms with Gasteiger partial charge in [-0.05, 0) is 30.7 Å². The molecule has 2 heteroatoms. The largest absolute Gasteiger partial charge is 0.398 e. The molecule has 0 saturated heterocycles. The zero-order valence-electron chi connectivity index (χ0n) is 19.0. The molecule has 0 amide bonds. The molecule has 0 heterocycles. The van der Waals surface area contributed by atoms with Gasteiger partial charge in [-0.3, -0.25) is 4.79 Å². The van der Waals surface area contributed by atoms with Crippen molar-refractivity contribution in [3.8, 4) is 0 Å². The van der Waals surface area contributed by atoms with Crippen molar-refractivity contribution in [1.82, 2.24) is 0 Å². The summed E-state index contributed by atoms with van der Waals surface area (Å²) in [6.45, 7) is 10.5. The molecule has 28 heavy (non-hydrogen) atoms. The van der Waals surface area contributed by atoms with Gasteiger partial charge in [-0.25, -0.2) is 0 Å². The Labute approximate surface area is 174 Å². The number of allylic oxidation sites excluding steroid dienone is 3. The quantitative estimate of drug-likeness (QED) is 0.301. The first-order chi connectivity index (χ1) is 13.5. The van der Waals surface area contributed by atoms with Crippen LogP contribution in [0.5, 0.6) is 0 Å². The third kappa shape index (κ3) is 11.8. The van der Waals surface area contributed by atoms with Gasteiger partial charge < -0.3 is 5.73 Å². The number of carbonyl (C=O) groups is 1. The SMILES string of the molecule is CC/C=C(C(=O)CC)\C(N)=C/CCC.CCCC(CCC)Cc1ccccc1. The van der Waals surface area contributed by atoms with Crippen LogP contribution in [0.15, 0.2) is 53.8 Å². The molecule has 0 radical (unpaired) electrons. The summed E-state index contributed by atoms with van der Waals surface area (Å²) < 4.78 is 0. The van der Waals surface area contributed by atoms with Crippen LogP contribution in [0.1, 0.15) is 91.5 Å². The van der Waals surface area contributed by atoms with E-state index in [1.165, 1.54) is 37.7 Å². The van der Waals surface area contributed by atoms with E-state index in [9.17, 15) is 4.79 Å². The molecule has 0 aliphatic carbocycles. The van der Waals surface area contributed by atoms with E-state index in [0.717, 1.165) is 25.2 Å². The van der Waals surface area contributed by atoms with Gasteiger partial charge >= 0.3 is 0 Å². The van der Waals surface area contributed by atoms with Gasteiger partial charge in [-0.2, -0.15) is 0 Å². The second-order valence-electron chi connectivity index (χ2n) is 7.38. The highest BCUT2D eigenvalue weighted by molar-refractivity contribution is 5.98. The third-order valence-electron chi connectivity index (χ3n) is 4.75. The molecule has 1 rings (SSSR count). The smallest absolute Gasteiger partial charge is 0.164 e. The van der Waals surface area contributed by atoms with Gasteiger partial charge in [0.25, 0.3) is 0 Å². The molecule has 158 valence electrons. The molecule has 0 spiro atoms. The Morgan fingerprint density at radius 1 is 0.929 bits per heavy atom. The van der Waals surface area contributed by atoms with Crippen LogP contribution in [-0.2, 0) is 11.2 Å². The summed E-state index contributed by atoms with van der Waals surface area (Å²) >= 11 is 0. The van der Waals surface area contributed by atoms with Gasteiger partial charge in [-0.15, -0.1) is 0 Å². The summed E-state index contributed by atoms with van der Waals surface area (Å²) in [4.78, 5) is 11.5. The number of nitrogens with two attached hydrogens (primary N) is 1. The molecule has 2 nitrogen and oxygen atoms in total. The first-order valence-electron chi connectivity index (χ1n) is 11.3. The van der Waals surface area contributed by atoms with E-state index in [2.05, 4.69) is 51.1 Å². The average molecular weight is 386 g/mol. The van der Waals surface area contributed by atoms with E-state index in [0.29, 0.717) is 17.7 Å². The summed E-state index contributed by atoms with van der Waals surface area (Å²) in [5.74, 6) is 1.03. The number of benzene rings is 1. The minimum absolute atomic E-state index is 0.136. The maximum absolute atomic E-state index is 11.5. The van der Waals surface area contributed by atoms with E-state index in [1.807, 2.05) is 26.0 Å². The van der Waals surface area contributed by atoms with E-state index < -0.39 is 0 Å². The number of hydrogen-bond donors (Lipinski definition) is 1. The Bertz CT molecular complexity index is 565. The fraction of sp³-hybridized carbons (Fsp3) is 0.577. The predicted octanol–water partition coefficient (Wildman–Crippen LogP) is 7.39. The molecule has 2 N–H and O–H groups in total. The first-order valence-corrected chi connectivity index (χ1v) is 11.3. The molecule has 0 aliphatic rings. The zero-order chi connectivity index (χ0) is 21.2. The van der Waals surface area contributed by atoms with E-state index in [1.54, 1.807) is 0 Å². The topological polar surface area (TPSA) is 43.1 Å². The summed E-state index contributed by atoms with van der Waals surface area (Å²) in [6.07, 6.45) is 13.9. The van der Waals surface area contributed by atoms with Crippen LogP contribution in [0.2, 0.25) is 0 Å². The minimum atomic E-state index is 0.136. The van der Waals surface area contributed by atoms with Crippen molar-refractivity contribution in [2.24, 2.45) is 11.7 Å². The van der Waals surface area contributed by atoms with Gasteiger partial charge in [-0.1, -0.05) is 109 Å². The number of unbranched alkanes of at least 4 members (excludes halogenated alkanes) is 1.